The summed E-state index contributed by atoms with van der Waals surface area (Å²) in [6.07, 6.45) is 0. The lowest BCUT2D eigenvalue weighted by atomic mass is 10.1. The van der Waals surface area contributed by atoms with Crippen molar-refractivity contribution in [1.82, 2.24) is 10.2 Å². The molecule has 0 saturated heterocycles. The number of halogens is 1. The molecule has 2 amide bonds. The van der Waals surface area contributed by atoms with Crippen LogP contribution in [-0.4, -0.2) is 49.9 Å². The number of hydrogen-bond acceptors (Lipinski definition) is 5. The van der Waals surface area contributed by atoms with Gasteiger partial charge in [-0.1, -0.05) is 30.3 Å². The van der Waals surface area contributed by atoms with Crippen LogP contribution in [0.2, 0.25) is 0 Å². The molecule has 214 valence electrons. The maximum atomic E-state index is 13.9. The monoisotopic (exact) mass is 569 g/mol. The van der Waals surface area contributed by atoms with Crippen molar-refractivity contribution < 1.29 is 27.1 Å². The van der Waals surface area contributed by atoms with E-state index in [1.807, 2.05) is 27.7 Å². The van der Waals surface area contributed by atoms with Gasteiger partial charge in [-0.05, 0) is 88.7 Å². The van der Waals surface area contributed by atoms with Gasteiger partial charge in [-0.3, -0.25) is 13.9 Å². The number of hydrogen-bond donors (Lipinski definition) is 1. The Kier molecular flexibility index (Phi) is 9.92. The van der Waals surface area contributed by atoms with Gasteiger partial charge in [-0.15, -0.1) is 0 Å². The average molecular weight is 570 g/mol. The molecule has 0 fully saturated rings. The molecule has 3 aromatic carbocycles. The molecule has 0 aromatic heterocycles. The van der Waals surface area contributed by atoms with E-state index in [0.29, 0.717) is 23.6 Å². The Morgan fingerprint density at radius 3 is 2.10 bits per heavy atom. The predicted octanol–water partition coefficient (Wildman–Crippen LogP) is 4.75. The van der Waals surface area contributed by atoms with E-state index >= 15 is 0 Å². The molecule has 0 heterocycles. The van der Waals surface area contributed by atoms with Gasteiger partial charge in [0.05, 0.1) is 17.2 Å². The fraction of sp³-hybridized carbons (Fsp3) is 0.333. The number of carbonyl (C=O) groups is 2. The first-order chi connectivity index (χ1) is 18.8. The summed E-state index contributed by atoms with van der Waals surface area (Å²) >= 11 is 0. The minimum absolute atomic E-state index is 0.0174. The summed E-state index contributed by atoms with van der Waals surface area (Å²) in [7, 11) is -4.19. The Labute approximate surface area is 235 Å². The zero-order valence-electron chi connectivity index (χ0n) is 23.4. The molecule has 0 aliphatic rings. The van der Waals surface area contributed by atoms with Crippen LogP contribution >= 0.6 is 0 Å². The Balaban J connectivity index is 2.00. The summed E-state index contributed by atoms with van der Waals surface area (Å²) in [6, 6.07) is 18.9. The lowest BCUT2D eigenvalue weighted by Gasteiger charge is -2.33. The number of carbonyl (C=O) groups excluding carboxylic acids is 2. The summed E-state index contributed by atoms with van der Waals surface area (Å²) in [6.45, 7) is 8.72. The van der Waals surface area contributed by atoms with Gasteiger partial charge in [0, 0.05) is 12.1 Å². The molecule has 0 saturated carbocycles. The lowest BCUT2D eigenvalue weighted by molar-refractivity contribution is -0.140. The van der Waals surface area contributed by atoms with Crippen molar-refractivity contribution >= 4 is 27.5 Å². The highest BCUT2D eigenvalue weighted by Gasteiger charge is 2.33. The van der Waals surface area contributed by atoms with Gasteiger partial charge in [0.25, 0.3) is 10.0 Å². The number of benzene rings is 3. The number of nitrogens with zero attached hydrogens (tertiary/aromatic N) is 2. The van der Waals surface area contributed by atoms with E-state index in [1.54, 1.807) is 49.4 Å². The second-order valence-corrected chi connectivity index (χ2v) is 12.2. The molecule has 10 heteroatoms. The molecule has 0 aliphatic carbocycles. The SMILES string of the molecule is CCOc1ccc(S(=O)(=O)N(CC(=O)N(Cc2ccc(F)cc2)[C@H](C)C(=O)NC(C)(C)C)c2ccccc2)cc1. The second kappa shape index (κ2) is 13.0. The lowest BCUT2D eigenvalue weighted by Crippen LogP contribution is -2.54. The van der Waals surface area contributed by atoms with E-state index in [2.05, 4.69) is 5.32 Å². The fourth-order valence-corrected chi connectivity index (χ4v) is 5.38. The highest BCUT2D eigenvalue weighted by Crippen LogP contribution is 2.26. The van der Waals surface area contributed by atoms with Crippen molar-refractivity contribution in [1.29, 1.82) is 0 Å². The first-order valence-electron chi connectivity index (χ1n) is 13.0. The smallest absolute Gasteiger partial charge is 0.264 e. The zero-order valence-corrected chi connectivity index (χ0v) is 24.2. The third-order valence-corrected chi connectivity index (χ3v) is 7.77. The molecule has 3 rings (SSSR count). The van der Waals surface area contributed by atoms with Crippen LogP contribution in [0.5, 0.6) is 5.75 Å². The van der Waals surface area contributed by atoms with Gasteiger partial charge in [0.1, 0.15) is 24.2 Å². The number of nitrogens with one attached hydrogen (secondary N) is 1. The van der Waals surface area contributed by atoms with Gasteiger partial charge in [0.15, 0.2) is 0 Å². The Hall–Kier alpha value is -3.92. The molecule has 0 aliphatic heterocycles. The second-order valence-electron chi connectivity index (χ2n) is 10.3. The Morgan fingerprint density at radius 2 is 1.55 bits per heavy atom. The molecule has 8 nitrogen and oxygen atoms in total. The van der Waals surface area contributed by atoms with E-state index < -0.39 is 45.8 Å². The maximum Gasteiger partial charge on any atom is 0.264 e. The summed E-state index contributed by atoms with van der Waals surface area (Å²) in [5.41, 5.74) is 0.326. The van der Waals surface area contributed by atoms with Crippen LogP contribution in [0.15, 0.2) is 83.8 Å². The maximum absolute atomic E-state index is 13.9. The highest BCUT2D eigenvalue weighted by atomic mass is 32.2. The largest absolute Gasteiger partial charge is 0.494 e. The van der Waals surface area contributed by atoms with Crippen molar-refractivity contribution in [3.8, 4) is 5.75 Å². The van der Waals surface area contributed by atoms with Gasteiger partial charge in [-0.25, -0.2) is 12.8 Å². The third-order valence-electron chi connectivity index (χ3n) is 5.98. The molecule has 0 spiro atoms. The van der Waals surface area contributed by atoms with Crippen LogP contribution in [0.1, 0.15) is 40.2 Å². The average Bonchev–Trinajstić information content (AvgIpc) is 2.91. The van der Waals surface area contributed by atoms with Gasteiger partial charge in [-0.2, -0.15) is 0 Å². The van der Waals surface area contributed by atoms with E-state index in [1.165, 1.54) is 41.3 Å². The number of anilines is 1. The number of ether oxygens (including phenoxy) is 1. The van der Waals surface area contributed by atoms with Crippen LogP contribution in [0.4, 0.5) is 10.1 Å². The van der Waals surface area contributed by atoms with E-state index in [4.69, 9.17) is 4.74 Å². The summed E-state index contributed by atoms with van der Waals surface area (Å²) in [5.74, 6) is -0.910. The molecule has 0 bridgehead atoms. The molecule has 0 radical (unpaired) electrons. The topological polar surface area (TPSA) is 96.0 Å². The standard InChI is InChI=1S/C30H36FN3O5S/c1-6-39-26-16-18-27(19-17-26)40(37,38)34(25-10-8-7-9-11-25)21-28(35)33(20-23-12-14-24(31)15-13-23)22(2)29(36)32-30(3,4)5/h7-19,22H,6,20-21H2,1-5H3,(H,32,36)/t22-/m1/s1. The number of para-hydroxylation sites is 1. The Bertz CT molecular complexity index is 1390. The highest BCUT2D eigenvalue weighted by molar-refractivity contribution is 7.92. The van der Waals surface area contributed by atoms with Crippen molar-refractivity contribution in [2.75, 3.05) is 17.5 Å². The molecular formula is C30H36FN3O5S. The van der Waals surface area contributed by atoms with Gasteiger partial charge in [0.2, 0.25) is 11.8 Å². The normalized spacial score (nSPS) is 12.3. The molecule has 3 aromatic rings. The van der Waals surface area contributed by atoms with Crippen molar-refractivity contribution in [2.45, 2.75) is 57.6 Å². The van der Waals surface area contributed by atoms with Crippen molar-refractivity contribution in [2.24, 2.45) is 0 Å². The van der Waals surface area contributed by atoms with Crippen LogP contribution < -0.4 is 14.4 Å². The minimum Gasteiger partial charge on any atom is -0.494 e. The zero-order chi connectivity index (χ0) is 29.5. The molecule has 40 heavy (non-hydrogen) atoms. The molecular weight excluding hydrogens is 533 g/mol. The first kappa shape index (κ1) is 30.6. The number of amides is 2. The van der Waals surface area contributed by atoms with Crippen molar-refractivity contribution in [3.05, 3.63) is 90.2 Å². The molecule has 1 atom stereocenters. The van der Waals surface area contributed by atoms with Crippen molar-refractivity contribution in [3.63, 3.8) is 0 Å². The molecule has 0 unspecified atom stereocenters. The quantitative estimate of drug-likeness (QED) is 0.360. The van der Waals surface area contributed by atoms with Crippen LogP contribution in [0, 0.1) is 5.82 Å². The van der Waals surface area contributed by atoms with E-state index in [0.717, 1.165) is 4.31 Å². The van der Waals surface area contributed by atoms with Gasteiger partial charge < -0.3 is 15.0 Å². The van der Waals surface area contributed by atoms with Gasteiger partial charge >= 0.3 is 0 Å². The number of sulfonamides is 1. The van der Waals surface area contributed by atoms with Crippen LogP contribution in [-0.2, 0) is 26.2 Å². The first-order valence-corrected chi connectivity index (χ1v) is 14.4. The van der Waals surface area contributed by atoms with E-state index in [9.17, 15) is 22.4 Å². The summed E-state index contributed by atoms with van der Waals surface area (Å²) < 4.78 is 47.7. The van der Waals surface area contributed by atoms with Crippen LogP contribution in [0.3, 0.4) is 0 Å². The number of rotatable bonds is 11. The summed E-state index contributed by atoms with van der Waals surface area (Å²) in [5, 5.41) is 2.87. The fourth-order valence-electron chi connectivity index (χ4n) is 3.97. The van der Waals surface area contributed by atoms with Crippen LogP contribution in [0.25, 0.3) is 0 Å². The predicted molar refractivity (Wildman–Crippen MR) is 153 cm³/mol. The minimum atomic E-state index is -4.19. The third kappa shape index (κ3) is 8.05. The summed E-state index contributed by atoms with van der Waals surface area (Å²) in [4.78, 5) is 28.3. The Morgan fingerprint density at radius 1 is 0.950 bits per heavy atom. The van der Waals surface area contributed by atoms with E-state index in [-0.39, 0.29) is 11.4 Å². The molecule has 1 N–H and O–H groups in total.